The molecule has 0 bridgehead atoms. The van der Waals surface area contributed by atoms with Crippen LogP contribution < -0.4 is 0 Å². The van der Waals surface area contributed by atoms with Gasteiger partial charge < -0.3 is 19.2 Å². The second kappa shape index (κ2) is 5.17. The van der Waals surface area contributed by atoms with Gasteiger partial charge in [-0.15, -0.1) is 0 Å². The molecule has 1 rings (SSSR count). The van der Waals surface area contributed by atoms with Crippen molar-refractivity contribution in [3.05, 3.63) is 11.4 Å². The van der Waals surface area contributed by atoms with Crippen molar-refractivity contribution in [2.75, 3.05) is 26.2 Å². The van der Waals surface area contributed by atoms with Crippen LogP contribution in [-0.2, 0) is 9.47 Å². The number of nitrogens with zero attached hydrogens (tertiary/aromatic N) is 2. The maximum atomic E-state index is 11.7. The van der Waals surface area contributed by atoms with Crippen molar-refractivity contribution in [3.63, 3.8) is 0 Å². The highest BCUT2D eigenvalue weighted by atomic mass is 16.6. The van der Waals surface area contributed by atoms with Crippen LogP contribution >= 0.6 is 0 Å². The summed E-state index contributed by atoms with van der Waals surface area (Å²) in [5.74, 6) is 0. The Labute approximate surface area is 96.1 Å². The third kappa shape index (κ3) is 4.07. The van der Waals surface area contributed by atoms with E-state index in [1.807, 2.05) is 20.8 Å². The van der Waals surface area contributed by atoms with E-state index < -0.39 is 5.60 Å². The van der Waals surface area contributed by atoms with Crippen LogP contribution in [-0.4, -0.2) is 48.9 Å². The van der Waals surface area contributed by atoms with E-state index in [1.165, 1.54) is 0 Å². The van der Waals surface area contributed by atoms with Crippen LogP contribution in [0.2, 0.25) is 0 Å². The standard InChI is InChI=1S/C11H18N2O3/c1-11(2,3)16-10(14)13-5-6-15-9(8-13)7-12-4/h9H,5-8H2,1-3H3. The molecule has 1 fully saturated rings. The number of carbonyl (C=O) groups excluding carboxylic acids is 1. The summed E-state index contributed by atoms with van der Waals surface area (Å²) in [4.78, 5) is 16.6. The van der Waals surface area contributed by atoms with Gasteiger partial charge in [0.2, 0.25) is 6.54 Å². The van der Waals surface area contributed by atoms with Gasteiger partial charge in [-0.3, -0.25) is 0 Å². The molecule has 1 saturated heterocycles. The predicted octanol–water partition coefficient (Wildman–Crippen LogP) is 1.54. The van der Waals surface area contributed by atoms with Crippen LogP contribution in [0.3, 0.4) is 0 Å². The van der Waals surface area contributed by atoms with Crippen molar-refractivity contribution >= 4 is 6.09 Å². The van der Waals surface area contributed by atoms with Gasteiger partial charge in [0.1, 0.15) is 11.7 Å². The molecule has 1 unspecified atom stereocenters. The summed E-state index contributed by atoms with van der Waals surface area (Å²) in [5.41, 5.74) is -0.481. The van der Waals surface area contributed by atoms with Crippen molar-refractivity contribution in [1.29, 1.82) is 0 Å². The summed E-state index contributed by atoms with van der Waals surface area (Å²) in [5, 5.41) is 0. The predicted molar refractivity (Wildman–Crippen MR) is 59.0 cm³/mol. The van der Waals surface area contributed by atoms with E-state index in [2.05, 4.69) is 4.85 Å². The Hall–Kier alpha value is -1.28. The van der Waals surface area contributed by atoms with Gasteiger partial charge >= 0.3 is 6.09 Å². The van der Waals surface area contributed by atoms with Crippen molar-refractivity contribution in [3.8, 4) is 0 Å². The Bertz CT molecular complexity index is 291. The molecular weight excluding hydrogens is 208 g/mol. The van der Waals surface area contributed by atoms with Crippen LogP contribution in [0.15, 0.2) is 0 Å². The lowest BCUT2D eigenvalue weighted by atomic mass is 10.2. The van der Waals surface area contributed by atoms with Crippen molar-refractivity contribution in [2.45, 2.75) is 32.5 Å². The maximum Gasteiger partial charge on any atom is 0.410 e. The fourth-order valence-corrected chi connectivity index (χ4v) is 1.42. The summed E-state index contributed by atoms with van der Waals surface area (Å²) in [6, 6.07) is 0. The summed E-state index contributed by atoms with van der Waals surface area (Å²) >= 11 is 0. The zero-order valence-electron chi connectivity index (χ0n) is 10.0. The monoisotopic (exact) mass is 226 g/mol. The molecule has 0 saturated carbocycles. The molecule has 0 aromatic carbocycles. The number of carbonyl (C=O) groups is 1. The van der Waals surface area contributed by atoms with Crippen molar-refractivity contribution < 1.29 is 14.3 Å². The van der Waals surface area contributed by atoms with E-state index in [-0.39, 0.29) is 12.2 Å². The quantitative estimate of drug-likeness (QED) is 0.637. The van der Waals surface area contributed by atoms with Gasteiger partial charge in [0.05, 0.1) is 13.2 Å². The SMILES string of the molecule is [C-]#[N+]CC1CN(C(=O)OC(C)(C)C)CCO1. The first-order chi connectivity index (χ1) is 7.42. The minimum absolute atomic E-state index is 0.182. The minimum atomic E-state index is -0.481. The second-order valence-electron chi connectivity index (χ2n) is 4.76. The highest BCUT2D eigenvalue weighted by Gasteiger charge is 2.29. The lowest BCUT2D eigenvalue weighted by molar-refractivity contribution is -0.0361. The van der Waals surface area contributed by atoms with E-state index in [0.717, 1.165) is 0 Å². The summed E-state index contributed by atoms with van der Waals surface area (Å²) in [6.45, 7) is 14.0. The second-order valence-corrected chi connectivity index (χ2v) is 4.76. The Kier molecular flexibility index (Phi) is 4.13. The first kappa shape index (κ1) is 12.8. The van der Waals surface area contributed by atoms with Gasteiger partial charge in [-0.25, -0.2) is 11.4 Å². The first-order valence-electron chi connectivity index (χ1n) is 5.35. The number of hydrogen-bond donors (Lipinski definition) is 0. The number of rotatable bonds is 1. The van der Waals surface area contributed by atoms with Gasteiger partial charge in [0, 0.05) is 6.54 Å². The summed E-state index contributed by atoms with van der Waals surface area (Å²) < 4.78 is 10.6. The molecule has 1 amide bonds. The topological polar surface area (TPSA) is 43.1 Å². The number of hydrogen-bond acceptors (Lipinski definition) is 3. The van der Waals surface area contributed by atoms with E-state index in [0.29, 0.717) is 26.2 Å². The fourth-order valence-electron chi connectivity index (χ4n) is 1.42. The molecule has 0 spiro atoms. The largest absolute Gasteiger partial charge is 0.444 e. The normalized spacial score (nSPS) is 21.4. The average Bonchev–Trinajstić information content (AvgIpc) is 2.16. The highest BCUT2D eigenvalue weighted by Crippen LogP contribution is 2.13. The minimum Gasteiger partial charge on any atom is -0.444 e. The Morgan fingerprint density at radius 3 is 2.88 bits per heavy atom. The fraction of sp³-hybridized carbons (Fsp3) is 0.818. The number of morpholine rings is 1. The average molecular weight is 226 g/mol. The van der Waals surface area contributed by atoms with Crippen LogP contribution in [0.5, 0.6) is 0 Å². The van der Waals surface area contributed by atoms with Crippen LogP contribution in [0, 0.1) is 6.57 Å². The van der Waals surface area contributed by atoms with E-state index in [9.17, 15) is 4.79 Å². The molecule has 5 nitrogen and oxygen atoms in total. The molecule has 16 heavy (non-hydrogen) atoms. The molecule has 1 aliphatic rings. The van der Waals surface area contributed by atoms with E-state index in [1.54, 1.807) is 4.90 Å². The molecule has 5 heteroatoms. The van der Waals surface area contributed by atoms with Gasteiger partial charge in [-0.1, -0.05) is 0 Å². The lowest BCUT2D eigenvalue weighted by Gasteiger charge is -2.32. The smallest absolute Gasteiger partial charge is 0.410 e. The Morgan fingerprint density at radius 1 is 1.62 bits per heavy atom. The zero-order chi connectivity index (χ0) is 12.2. The molecule has 1 atom stereocenters. The van der Waals surface area contributed by atoms with Crippen LogP contribution in [0.4, 0.5) is 4.79 Å². The molecule has 0 aliphatic carbocycles. The molecule has 0 radical (unpaired) electrons. The van der Waals surface area contributed by atoms with Crippen molar-refractivity contribution in [2.24, 2.45) is 0 Å². The molecule has 0 aromatic heterocycles. The molecule has 1 aliphatic heterocycles. The molecule has 0 N–H and O–H groups in total. The number of ether oxygens (including phenoxy) is 2. The van der Waals surface area contributed by atoms with Gasteiger partial charge in [-0.05, 0) is 20.8 Å². The first-order valence-corrected chi connectivity index (χ1v) is 5.35. The van der Waals surface area contributed by atoms with Crippen LogP contribution in [0.25, 0.3) is 4.85 Å². The Morgan fingerprint density at radius 2 is 2.31 bits per heavy atom. The van der Waals surface area contributed by atoms with Crippen LogP contribution in [0.1, 0.15) is 20.8 Å². The van der Waals surface area contributed by atoms with E-state index in [4.69, 9.17) is 16.0 Å². The van der Waals surface area contributed by atoms with Crippen molar-refractivity contribution in [1.82, 2.24) is 4.90 Å². The third-order valence-electron chi connectivity index (χ3n) is 2.09. The lowest BCUT2D eigenvalue weighted by Crippen LogP contribution is -2.48. The van der Waals surface area contributed by atoms with Gasteiger partial charge in [-0.2, -0.15) is 0 Å². The summed E-state index contributed by atoms with van der Waals surface area (Å²) in [7, 11) is 0. The Balaban J connectivity index is 2.48. The van der Waals surface area contributed by atoms with Gasteiger partial charge in [0.25, 0.3) is 0 Å². The molecule has 0 aromatic rings. The zero-order valence-corrected chi connectivity index (χ0v) is 10.0. The molecule has 1 heterocycles. The molecule has 90 valence electrons. The maximum absolute atomic E-state index is 11.7. The van der Waals surface area contributed by atoms with Gasteiger partial charge in [0.15, 0.2) is 0 Å². The number of amides is 1. The summed E-state index contributed by atoms with van der Waals surface area (Å²) in [6.07, 6.45) is -0.510. The third-order valence-corrected chi connectivity index (χ3v) is 2.09. The highest BCUT2D eigenvalue weighted by molar-refractivity contribution is 5.68. The van der Waals surface area contributed by atoms with E-state index >= 15 is 0 Å². The molecular formula is C11H18N2O3.